The molecule has 7 heteroatoms. The van der Waals surface area contributed by atoms with Gasteiger partial charge in [0.05, 0.1) is 0 Å². The number of alkyl halides is 5. The van der Waals surface area contributed by atoms with Crippen molar-refractivity contribution in [1.29, 1.82) is 0 Å². The average molecular weight is 559 g/mol. The summed E-state index contributed by atoms with van der Waals surface area (Å²) < 4.78 is 83.3. The van der Waals surface area contributed by atoms with Gasteiger partial charge in [-0.15, -0.1) is 0 Å². The minimum atomic E-state index is -5.29. The van der Waals surface area contributed by atoms with Gasteiger partial charge < -0.3 is 0 Å². The molecule has 38 heavy (non-hydrogen) atoms. The summed E-state index contributed by atoms with van der Waals surface area (Å²) in [5.41, 5.74) is -4.32. The van der Waals surface area contributed by atoms with Gasteiger partial charge in [0, 0.05) is 0 Å². The van der Waals surface area contributed by atoms with Crippen molar-refractivity contribution < 1.29 is 22.0 Å². The Morgan fingerprint density at radius 1 is 0.632 bits per heavy atom. The average Bonchev–Trinajstić information content (AvgIpc) is 2.96. The molecule has 3 unspecified atom stereocenters. The van der Waals surface area contributed by atoms with Gasteiger partial charge in [-0.25, -0.2) is 0 Å². The fourth-order valence-electron chi connectivity index (χ4n) is 5.64. The maximum absolute atomic E-state index is 18.6. The molecule has 4 aromatic carbocycles. The Hall–Kier alpha value is -3.01. The third-order valence-electron chi connectivity index (χ3n) is 7.54. The third kappa shape index (κ3) is 3.45. The van der Waals surface area contributed by atoms with Gasteiger partial charge >= 0.3 is 224 Å². The van der Waals surface area contributed by atoms with E-state index in [9.17, 15) is 4.39 Å². The molecule has 0 aromatic heterocycles. The van der Waals surface area contributed by atoms with Crippen LogP contribution in [0, 0.1) is 0 Å². The number of rotatable bonds is 6. The molecule has 0 fully saturated rings. The number of hydrogen-bond donors (Lipinski definition) is 0. The second-order valence-corrected chi connectivity index (χ2v) is 16.2. The van der Waals surface area contributed by atoms with Crippen LogP contribution in [0.5, 0.6) is 0 Å². The van der Waals surface area contributed by atoms with E-state index in [1.165, 1.54) is 18.2 Å². The molecule has 196 valence electrons. The van der Waals surface area contributed by atoms with E-state index >= 15 is 17.6 Å². The molecule has 4 aromatic rings. The van der Waals surface area contributed by atoms with Gasteiger partial charge in [0.15, 0.2) is 0 Å². The van der Waals surface area contributed by atoms with Gasteiger partial charge in [0.2, 0.25) is 0 Å². The predicted molar refractivity (Wildman–Crippen MR) is 147 cm³/mol. The van der Waals surface area contributed by atoms with Gasteiger partial charge in [-0.3, -0.25) is 0 Å². The molecule has 1 aliphatic carbocycles. The first-order valence-corrected chi connectivity index (χ1v) is 15.4. The molecule has 0 nitrogen and oxygen atoms in total. The van der Waals surface area contributed by atoms with Crippen LogP contribution >= 0.6 is 17.2 Å². The van der Waals surface area contributed by atoms with Crippen LogP contribution in [0.4, 0.5) is 22.0 Å². The molecule has 1 aliphatic rings. The van der Waals surface area contributed by atoms with E-state index in [1.54, 1.807) is 91.0 Å². The van der Waals surface area contributed by atoms with Crippen LogP contribution in [0.15, 0.2) is 133 Å². The molecule has 0 spiro atoms. The van der Waals surface area contributed by atoms with Crippen LogP contribution in [0.1, 0.15) is 11.1 Å². The van der Waals surface area contributed by atoms with Crippen molar-refractivity contribution in [2.75, 3.05) is 0 Å². The van der Waals surface area contributed by atoms with E-state index in [0.29, 0.717) is 17.7 Å². The van der Waals surface area contributed by atoms with Crippen molar-refractivity contribution in [2.24, 2.45) is 0 Å². The maximum atomic E-state index is 18.6. The first kappa shape index (κ1) is 26.6. The second kappa shape index (κ2) is 9.32. The molecular formula is C31H25ClF5P. The Balaban J connectivity index is 2.00. The fourth-order valence-corrected chi connectivity index (χ4v) is 12.7. The second-order valence-electron chi connectivity index (χ2n) is 9.58. The zero-order valence-electron chi connectivity index (χ0n) is 20.2. The topological polar surface area (TPSA) is 0 Å². The van der Waals surface area contributed by atoms with Crippen molar-refractivity contribution >= 4 is 27.8 Å². The van der Waals surface area contributed by atoms with Crippen molar-refractivity contribution in [1.82, 2.24) is 0 Å². The summed E-state index contributed by atoms with van der Waals surface area (Å²) in [4.78, 5) is 0. The Kier molecular flexibility index (Phi) is 6.52. The Morgan fingerprint density at radius 2 is 1.05 bits per heavy atom. The Morgan fingerprint density at radius 3 is 1.53 bits per heavy atom. The first-order chi connectivity index (χ1) is 18.1. The van der Waals surface area contributed by atoms with Crippen molar-refractivity contribution in [3.63, 3.8) is 0 Å². The molecule has 5 rings (SSSR count). The van der Waals surface area contributed by atoms with Crippen LogP contribution in [0.25, 0.3) is 0 Å². The zero-order valence-corrected chi connectivity index (χ0v) is 21.9. The molecular weight excluding hydrogens is 534 g/mol. The van der Waals surface area contributed by atoms with E-state index < -0.39 is 34.7 Å². The Labute approximate surface area is 223 Å². The van der Waals surface area contributed by atoms with E-state index in [2.05, 4.69) is 0 Å². The van der Waals surface area contributed by atoms with Gasteiger partial charge in [-0.05, 0) is 0 Å². The zero-order chi connectivity index (χ0) is 27.1. The van der Waals surface area contributed by atoms with Crippen molar-refractivity contribution in [3.05, 3.63) is 145 Å². The van der Waals surface area contributed by atoms with Gasteiger partial charge in [0.1, 0.15) is 0 Å². The number of allylic oxidation sites excluding steroid dienone is 2. The SMILES string of the molecule is FC1C=CC(F)(P(Cl)(Cc2ccccc2)(c2ccccc2)c2ccccc2)C(F)(c2ccccc2)C1(F)F. The number of benzene rings is 4. The van der Waals surface area contributed by atoms with Crippen molar-refractivity contribution in [2.45, 2.75) is 29.3 Å². The summed E-state index contributed by atoms with van der Waals surface area (Å²) in [6.45, 7) is 0. The molecule has 0 aliphatic heterocycles. The molecule has 0 heterocycles. The van der Waals surface area contributed by atoms with Crippen LogP contribution in [-0.2, 0) is 11.8 Å². The quantitative estimate of drug-likeness (QED) is 0.126. The predicted octanol–water partition coefficient (Wildman–Crippen LogP) is 8.62. The minimum absolute atomic E-state index is 0.174. The summed E-state index contributed by atoms with van der Waals surface area (Å²) >= 11 is 7.82. The van der Waals surface area contributed by atoms with Crippen LogP contribution < -0.4 is 10.6 Å². The van der Waals surface area contributed by atoms with Crippen molar-refractivity contribution in [3.8, 4) is 0 Å². The molecule has 0 saturated heterocycles. The number of hydrogen-bond acceptors (Lipinski definition) is 0. The third-order valence-corrected chi connectivity index (χ3v) is 15.3. The monoisotopic (exact) mass is 558 g/mol. The van der Waals surface area contributed by atoms with E-state index in [4.69, 9.17) is 11.2 Å². The van der Waals surface area contributed by atoms with Gasteiger partial charge in [-0.2, -0.15) is 0 Å². The van der Waals surface area contributed by atoms with Gasteiger partial charge in [0.25, 0.3) is 0 Å². The molecule has 0 amide bonds. The van der Waals surface area contributed by atoms with E-state index in [-0.39, 0.29) is 16.8 Å². The summed E-state index contributed by atoms with van der Waals surface area (Å²) in [7, 11) is 0. The molecule has 0 saturated carbocycles. The van der Waals surface area contributed by atoms with E-state index in [0.717, 1.165) is 12.1 Å². The standard InChI is InChI=1S/C31H25ClF5P/c32-38(26-17-9-3-10-18-26,27-19-11-4-12-20-27,23-24-13-5-1-6-14-24)29(34)22-21-28(33)31(36,37)30(29,35)25-15-7-2-8-16-25/h1-22,28H,23H2. The summed E-state index contributed by atoms with van der Waals surface area (Å²) in [6.07, 6.45) is -2.32. The van der Waals surface area contributed by atoms with Crippen LogP contribution in [0.3, 0.4) is 0 Å². The fraction of sp³-hybridized carbons (Fsp3) is 0.161. The molecule has 3 atom stereocenters. The molecule has 0 bridgehead atoms. The summed E-state index contributed by atoms with van der Waals surface area (Å²) in [5, 5.41) is -3.23. The normalized spacial score (nSPS) is 25.8. The first-order valence-electron chi connectivity index (χ1n) is 12.1. The van der Waals surface area contributed by atoms with Crippen LogP contribution in [-0.4, -0.2) is 17.5 Å². The van der Waals surface area contributed by atoms with Crippen LogP contribution in [0.2, 0.25) is 0 Å². The molecule has 0 radical (unpaired) electrons. The molecule has 0 N–H and O–H groups in total. The van der Waals surface area contributed by atoms with E-state index in [1.807, 2.05) is 0 Å². The van der Waals surface area contributed by atoms with Gasteiger partial charge in [-0.1, -0.05) is 0 Å². The summed E-state index contributed by atoms with van der Waals surface area (Å²) in [5.74, 6) is -10.1. The summed E-state index contributed by atoms with van der Waals surface area (Å²) in [6, 6.07) is 30.8. The number of halogens is 6. The Bertz CT molecular complexity index is 1390.